The number of para-hydroxylation sites is 1. The molecule has 1 aliphatic rings. The van der Waals surface area contributed by atoms with Gasteiger partial charge in [0.25, 0.3) is 5.91 Å². The largest absolute Gasteiger partial charge is 0.382 e. The molecule has 0 atom stereocenters. The maximum Gasteiger partial charge on any atom is 0.254 e. The van der Waals surface area contributed by atoms with Crippen LogP contribution >= 0.6 is 11.6 Å². The van der Waals surface area contributed by atoms with E-state index in [0.29, 0.717) is 59.5 Å². The van der Waals surface area contributed by atoms with Crippen LogP contribution in [0.15, 0.2) is 78.0 Å². The van der Waals surface area contributed by atoms with Crippen molar-refractivity contribution in [3.63, 3.8) is 0 Å². The Labute approximate surface area is 279 Å². The number of nitrogens with two attached hydrogens (primary N) is 1. The summed E-state index contributed by atoms with van der Waals surface area (Å²) in [4.78, 5) is 33.6. The maximum absolute atomic E-state index is 14.1. The molecule has 0 radical (unpaired) electrons. The Kier molecular flexibility index (Phi) is 7.52. The molecule has 7 aromatic rings. The van der Waals surface area contributed by atoms with E-state index >= 15 is 0 Å². The first kappa shape index (κ1) is 29.7. The maximum atomic E-state index is 14.1. The van der Waals surface area contributed by atoms with Gasteiger partial charge in [-0.05, 0) is 43.5 Å². The van der Waals surface area contributed by atoms with Crippen molar-refractivity contribution in [2.75, 3.05) is 18.8 Å². The quantitative estimate of drug-likeness (QED) is 0.238. The first-order valence-electron chi connectivity index (χ1n) is 15.6. The van der Waals surface area contributed by atoms with E-state index in [1.165, 1.54) is 6.33 Å². The van der Waals surface area contributed by atoms with Crippen LogP contribution in [0.2, 0.25) is 5.02 Å². The molecule has 0 aliphatic carbocycles. The molecule has 1 amide bonds. The third kappa shape index (κ3) is 5.51. The number of nitrogen functional groups attached to an aromatic ring is 1. The van der Waals surface area contributed by atoms with Crippen molar-refractivity contribution in [2.45, 2.75) is 38.8 Å². The Bertz CT molecular complexity index is 2300. The third-order valence-corrected chi connectivity index (χ3v) is 9.13. The SMILES string of the molecule is Cc1c(-c2cccc(Cl)c2)nc2ccccc2c1C(=O)N1CCC(c2cc(Cn3cc(Cn4cnc5c(N)ncnc54)nn3)on2)CC1. The summed E-state index contributed by atoms with van der Waals surface area (Å²) in [7, 11) is 0. The van der Waals surface area contributed by atoms with Gasteiger partial charge in [0.1, 0.15) is 24.1 Å². The summed E-state index contributed by atoms with van der Waals surface area (Å²) in [6, 6.07) is 17.4. The van der Waals surface area contributed by atoms with E-state index < -0.39 is 0 Å². The predicted molar refractivity (Wildman–Crippen MR) is 179 cm³/mol. The average molecular weight is 660 g/mol. The highest BCUT2D eigenvalue weighted by atomic mass is 35.5. The lowest BCUT2D eigenvalue weighted by atomic mass is 9.92. The minimum absolute atomic E-state index is 0.00950. The number of carbonyl (C=O) groups is 1. The standard InChI is InChI=1S/C34H30ClN11O2/c1-20-29(26-7-2-3-8-27(26)40-30(20)22-5-4-6-23(35)13-22)34(47)44-11-9-21(10-12-44)28-14-25(48-42-28)17-46-16-24(41-43-46)15-45-19-39-31-32(36)37-18-38-33(31)45/h2-8,13-14,16,18-19,21H,9-12,15,17H2,1H3,(H2,36,37,38). The van der Waals surface area contributed by atoms with Gasteiger partial charge in [-0.25, -0.2) is 24.6 Å². The number of hydrogen-bond acceptors (Lipinski definition) is 10. The molecule has 240 valence electrons. The summed E-state index contributed by atoms with van der Waals surface area (Å²) in [6.07, 6.45) is 6.49. The van der Waals surface area contributed by atoms with Gasteiger partial charge < -0.3 is 19.7 Å². The van der Waals surface area contributed by atoms with Crippen molar-refractivity contribution in [1.82, 2.24) is 49.6 Å². The number of piperidine rings is 1. The number of likely N-dealkylation sites (tertiary alicyclic amines) is 1. The Morgan fingerprint density at radius 1 is 1.04 bits per heavy atom. The number of imidazole rings is 1. The molecule has 2 N–H and O–H groups in total. The smallest absolute Gasteiger partial charge is 0.254 e. The van der Waals surface area contributed by atoms with Crippen LogP contribution in [0.4, 0.5) is 5.82 Å². The molecule has 0 spiro atoms. The highest BCUT2D eigenvalue weighted by Crippen LogP contribution is 2.34. The number of anilines is 1. The van der Waals surface area contributed by atoms with Crippen LogP contribution < -0.4 is 5.73 Å². The molecule has 1 aliphatic heterocycles. The van der Waals surface area contributed by atoms with Crippen LogP contribution in [0.3, 0.4) is 0 Å². The number of hydrogen-bond donors (Lipinski definition) is 1. The van der Waals surface area contributed by atoms with Crippen molar-refractivity contribution >= 4 is 45.4 Å². The molecular weight excluding hydrogens is 630 g/mol. The zero-order valence-corrected chi connectivity index (χ0v) is 26.7. The van der Waals surface area contributed by atoms with E-state index in [-0.39, 0.29) is 11.8 Å². The molecule has 1 saturated heterocycles. The Hall–Kier alpha value is -5.69. The Morgan fingerprint density at radius 2 is 1.90 bits per heavy atom. The van der Waals surface area contributed by atoms with E-state index in [0.717, 1.165) is 52.0 Å². The lowest BCUT2D eigenvalue weighted by molar-refractivity contribution is 0.0712. The fraction of sp³-hybridized carbons (Fsp3) is 0.235. The van der Waals surface area contributed by atoms with Crippen LogP contribution in [-0.2, 0) is 13.1 Å². The van der Waals surface area contributed by atoms with Gasteiger partial charge in [0.15, 0.2) is 17.2 Å². The Morgan fingerprint density at radius 3 is 2.75 bits per heavy atom. The monoisotopic (exact) mass is 659 g/mol. The van der Waals surface area contributed by atoms with Crippen LogP contribution in [0.5, 0.6) is 0 Å². The molecule has 13 nitrogen and oxygen atoms in total. The molecule has 0 bridgehead atoms. The van der Waals surface area contributed by atoms with Crippen molar-refractivity contribution in [1.29, 1.82) is 0 Å². The van der Waals surface area contributed by atoms with Crippen LogP contribution in [0.25, 0.3) is 33.3 Å². The van der Waals surface area contributed by atoms with Crippen LogP contribution in [0.1, 0.15) is 51.8 Å². The first-order chi connectivity index (χ1) is 23.4. The molecule has 6 heterocycles. The lowest BCUT2D eigenvalue weighted by Gasteiger charge is -2.32. The van der Waals surface area contributed by atoms with Gasteiger partial charge in [0.05, 0.1) is 41.5 Å². The van der Waals surface area contributed by atoms with Gasteiger partial charge in [-0.15, -0.1) is 5.10 Å². The fourth-order valence-corrected chi connectivity index (χ4v) is 6.66. The summed E-state index contributed by atoms with van der Waals surface area (Å²) < 4.78 is 9.26. The molecule has 48 heavy (non-hydrogen) atoms. The second-order valence-electron chi connectivity index (χ2n) is 12.0. The normalized spacial score (nSPS) is 13.9. The minimum Gasteiger partial charge on any atom is -0.382 e. The van der Waals surface area contributed by atoms with E-state index in [9.17, 15) is 4.79 Å². The molecule has 5 aromatic heterocycles. The molecule has 2 aromatic carbocycles. The predicted octanol–water partition coefficient (Wildman–Crippen LogP) is 5.28. The molecule has 8 rings (SSSR count). The van der Waals surface area contributed by atoms with Gasteiger partial charge >= 0.3 is 0 Å². The second-order valence-corrected chi connectivity index (χ2v) is 12.4. The first-order valence-corrected chi connectivity index (χ1v) is 16.0. The summed E-state index contributed by atoms with van der Waals surface area (Å²) in [5.41, 5.74) is 12.7. The Balaban J connectivity index is 0.941. The highest BCUT2D eigenvalue weighted by molar-refractivity contribution is 6.30. The minimum atomic E-state index is 0.00950. The zero-order chi connectivity index (χ0) is 32.8. The van der Waals surface area contributed by atoms with E-state index in [1.54, 1.807) is 11.0 Å². The summed E-state index contributed by atoms with van der Waals surface area (Å²) in [5, 5.41) is 14.4. The number of rotatable bonds is 7. The number of carbonyl (C=O) groups excluding carboxylic acids is 1. The van der Waals surface area contributed by atoms with Crippen molar-refractivity contribution in [3.8, 4) is 11.3 Å². The van der Waals surface area contributed by atoms with Crippen molar-refractivity contribution < 1.29 is 9.32 Å². The number of nitrogens with zero attached hydrogens (tertiary/aromatic N) is 10. The molecule has 0 saturated carbocycles. The molecule has 0 unspecified atom stereocenters. The number of fused-ring (bicyclic) bond motifs is 2. The summed E-state index contributed by atoms with van der Waals surface area (Å²) in [6.45, 7) is 4.01. The fourth-order valence-electron chi connectivity index (χ4n) is 6.47. The van der Waals surface area contributed by atoms with Gasteiger partial charge in [-0.1, -0.05) is 52.3 Å². The van der Waals surface area contributed by atoms with Gasteiger partial charge in [0.2, 0.25) is 0 Å². The van der Waals surface area contributed by atoms with Crippen molar-refractivity contribution in [2.24, 2.45) is 0 Å². The average Bonchev–Trinajstić information content (AvgIpc) is 3.86. The van der Waals surface area contributed by atoms with Crippen LogP contribution in [0, 0.1) is 6.92 Å². The third-order valence-electron chi connectivity index (χ3n) is 8.89. The van der Waals surface area contributed by atoms with Crippen molar-refractivity contribution in [3.05, 3.63) is 107 Å². The van der Waals surface area contributed by atoms with E-state index in [1.807, 2.05) is 77.2 Å². The zero-order valence-electron chi connectivity index (χ0n) is 26.0. The summed E-state index contributed by atoms with van der Waals surface area (Å²) in [5.74, 6) is 1.21. The highest BCUT2D eigenvalue weighted by Gasteiger charge is 2.29. The molecular formula is C34H30ClN11O2. The number of aromatic nitrogens is 9. The molecule has 14 heteroatoms. The number of benzene rings is 2. The summed E-state index contributed by atoms with van der Waals surface area (Å²) >= 11 is 6.31. The van der Waals surface area contributed by atoms with Gasteiger partial charge in [0, 0.05) is 41.0 Å². The second kappa shape index (κ2) is 12.2. The number of amides is 1. The van der Waals surface area contributed by atoms with Crippen LogP contribution in [-0.4, -0.2) is 68.6 Å². The number of pyridine rings is 1. The lowest BCUT2D eigenvalue weighted by Crippen LogP contribution is -2.38. The van der Waals surface area contributed by atoms with Gasteiger partial charge in [-0.2, -0.15) is 0 Å². The van der Waals surface area contributed by atoms with E-state index in [2.05, 4.69) is 30.4 Å². The van der Waals surface area contributed by atoms with E-state index in [4.69, 9.17) is 26.8 Å². The van der Waals surface area contributed by atoms with Gasteiger partial charge in [-0.3, -0.25) is 4.79 Å². The topological polar surface area (TPSA) is 160 Å². The number of halogens is 1. The molecule has 1 fully saturated rings.